The number of ether oxygens (including phenoxy) is 2. The molecular weight excluding hydrogens is 507 g/mol. The standard InChI is InChI=1S/C27H26F3NO7/c1-24(2)11-37-25(3,38-12-24)26(31-23(36)27(28,29)30)9-8-15-16(10-26)22(35)18-17(21(15)34)19(32)13-6-4-5-7-14(13)20(18)33/h4-7,34-35H,8-12H2,1-3H3,(H,31,36). The monoisotopic (exact) mass is 533 g/mol. The van der Waals surface area contributed by atoms with Crippen LogP contribution in [-0.2, 0) is 27.1 Å². The predicted molar refractivity (Wildman–Crippen MR) is 126 cm³/mol. The quantitative estimate of drug-likeness (QED) is 0.431. The van der Waals surface area contributed by atoms with Crippen molar-refractivity contribution in [3.63, 3.8) is 0 Å². The lowest BCUT2D eigenvalue weighted by atomic mass is 9.69. The smallest absolute Gasteiger partial charge is 0.471 e. The van der Waals surface area contributed by atoms with Crippen molar-refractivity contribution in [3.8, 4) is 11.5 Å². The van der Waals surface area contributed by atoms with E-state index in [1.165, 1.54) is 19.1 Å². The number of rotatable bonds is 2. The number of hydrogen-bond donors (Lipinski definition) is 3. The van der Waals surface area contributed by atoms with Gasteiger partial charge in [-0.2, -0.15) is 13.2 Å². The van der Waals surface area contributed by atoms with Crippen LogP contribution in [0, 0.1) is 5.41 Å². The molecule has 5 rings (SSSR count). The third-order valence-corrected chi connectivity index (χ3v) is 7.77. The number of phenols is 2. The molecule has 0 bridgehead atoms. The molecule has 1 aliphatic heterocycles. The van der Waals surface area contributed by atoms with Gasteiger partial charge >= 0.3 is 12.1 Å². The highest BCUT2D eigenvalue weighted by molar-refractivity contribution is 6.30. The van der Waals surface area contributed by atoms with Crippen molar-refractivity contribution in [3.05, 3.63) is 57.6 Å². The van der Waals surface area contributed by atoms with Gasteiger partial charge < -0.3 is 25.0 Å². The lowest BCUT2D eigenvalue weighted by molar-refractivity contribution is -0.324. The number of alkyl halides is 3. The molecule has 0 saturated carbocycles. The molecule has 3 aliphatic rings. The molecule has 202 valence electrons. The second-order valence-corrected chi connectivity index (χ2v) is 11.0. The van der Waals surface area contributed by atoms with Crippen molar-refractivity contribution in [2.75, 3.05) is 13.2 Å². The molecular formula is C27H26F3NO7. The average Bonchev–Trinajstić information content (AvgIpc) is 2.86. The Morgan fingerprint density at radius 3 is 1.92 bits per heavy atom. The second kappa shape index (κ2) is 8.28. The maximum atomic E-state index is 13.4. The molecule has 0 aromatic heterocycles. The summed E-state index contributed by atoms with van der Waals surface area (Å²) in [5.41, 5.74) is -2.91. The molecule has 2 aliphatic carbocycles. The van der Waals surface area contributed by atoms with E-state index in [0.29, 0.717) is 0 Å². The largest absolute Gasteiger partial charge is 0.507 e. The van der Waals surface area contributed by atoms with Gasteiger partial charge in [-0.05, 0) is 19.8 Å². The van der Waals surface area contributed by atoms with E-state index in [9.17, 15) is 37.8 Å². The predicted octanol–water partition coefficient (Wildman–Crippen LogP) is 3.57. The summed E-state index contributed by atoms with van der Waals surface area (Å²) in [6.45, 7) is 5.35. The van der Waals surface area contributed by atoms with E-state index in [1.54, 1.807) is 12.1 Å². The summed E-state index contributed by atoms with van der Waals surface area (Å²) in [4.78, 5) is 38.8. The highest BCUT2D eigenvalue weighted by atomic mass is 19.4. The van der Waals surface area contributed by atoms with Crippen LogP contribution in [0.4, 0.5) is 13.2 Å². The van der Waals surface area contributed by atoms with E-state index in [4.69, 9.17) is 9.47 Å². The summed E-state index contributed by atoms with van der Waals surface area (Å²) in [5, 5.41) is 24.5. The van der Waals surface area contributed by atoms with Crippen LogP contribution in [-0.4, -0.2) is 58.4 Å². The van der Waals surface area contributed by atoms with Gasteiger partial charge in [0, 0.05) is 34.1 Å². The number of fused-ring (bicyclic) bond motifs is 3. The Morgan fingerprint density at radius 1 is 0.921 bits per heavy atom. The van der Waals surface area contributed by atoms with Gasteiger partial charge in [0.05, 0.1) is 29.9 Å². The first-order valence-electron chi connectivity index (χ1n) is 12.1. The molecule has 1 saturated heterocycles. The average molecular weight is 533 g/mol. The van der Waals surface area contributed by atoms with Crippen molar-refractivity contribution < 1.29 is 47.2 Å². The van der Waals surface area contributed by atoms with Crippen LogP contribution in [0.3, 0.4) is 0 Å². The van der Waals surface area contributed by atoms with Gasteiger partial charge in [-0.15, -0.1) is 0 Å². The van der Waals surface area contributed by atoms with Crippen LogP contribution in [0.25, 0.3) is 0 Å². The Morgan fingerprint density at radius 2 is 1.42 bits per heavy atom. The first-order valence-corrected chi connectivity index (χ1v) is 12.1. The molecule has 1 atom stereocenters. The summed E-state index contributed by atoms with van der Waals surface area (Å²) >= 11 is 0. The highest BCUT2D eigenvalue weighted by Crippen LogP contribution is 2.50. The molecule has 11 heteroatoms. The maximum Gasteiger partial charge on any atom is 0.471 e. The Labute approximate surface area is 215 Å². The van der Waals surface area contributed by atoms with E-state index in [2.05, 4.69) is 5.32 Å². The summed E-state index contributed by atoms with van der Waals surface area (Å²) in [6.07, 6.45) is -6.00. The Bertz CT molecular complexity index is 1390. The Kier molecular flexibility index (Phi) is 5.70. The van der Waals surface area contributed by atoms with Crippen LogP contribution >= 0.6 is 0 Å². The third-order valence-electron chi connectivity index (χ3n) is 7.77. The van der Waals surface area contributed by atoms with E-state index in [1.807, 2.05) is 13.8 Å². The number of ketones is 2. The minimum atomic E-state index is -5.22. The van der Waals surface area contributed by atoms with E-state index < -0.39 is 63.9 Å². The van der Waals surface area contributed by atoms with Gasteiger partial charge in [-0.25, -0.2) is 0 Å². The fraction of sp³-hybridized carbons (Fsp3) is 0.444. The number of phenolic OH excluding ortho intramolecular Hbond substituents is 2. The van der Waals surface area contributed by atoms with Gasteiger partial charge in [-0.1, -0.05) is 38.1 Å². The number of aromatic hydroxyl groups is 2. The lowest BCUT2D eigenvalue weighted by Gasteiger charge is -2.54. The zero-order valence-corrected chi connectivity index (χ0v) is 20.9. The topological polar surface area (TPSA) is 122 Å². The molecule has 8 nitrogen and oxygen atoms in total. The van der Waals surface area contributed by atoms with Gasteiger partial charge in [0.2, 0.25) is 0 Å². The van der Waals surface area contributed by atoms with Gasteiger partial charge in [-0.3, -0.25) is 14.4 Å². The van der Waals surface area contributed by atoms with E-state index in [-0.39, 0.29) is 53.9 Å². The highest BCUT2D eigenvalue weighted by Gasteiger charge is 2.59. The zero-order chi connectivity index (χ0) is 27.8. The molecule has 1 fully saturated rings. The molecule has 1 unspecified atom stereocenters. The van der Waals surface area contributed by atoms with Crippen LogP contribution in [0.15, 0.2) is 24.3 Å². The fourth-order valence-corrected chi connectivity index (χ4v) is 5.53. The number of halogens is 3. The maximum absolute atomic E-state index is 13.4. The first kappa shape index (κ1) is 26.2. The molecule has 3 N–H and O–H groups in total. The number of benzene rings is 2. The van der Waals surface area contributed by atoms with Gasteiger partial charge in [0.1, 0.15) is 11.5 Å². The summed E-state index contributed by atoms with van der Waals surface area (Å²) in [5.74, 6) is -6.48. The van der Waals surface area contributed by atoms with Crippen molar-refractivity contribution in [1.29, 1.82) is 0 Å². The number of carbonyl (C=O) groups is 3. The zero-order valence-electron chi connectivity index (χ0n) is 20.9. The summed E-state index contributed by atoms with van der Waals surface area (Å²) < 4.78 is 52.2. The second-order valence-electron chi connectivity index (χ2n) is 11.0. The number of carbonyl (C=O) groups excluding carboxylic acids is 3. The minimum Gasteiger partial charge on any atom is -0.507 e. The molecule has 1 amide bonds. The Balaban J connectivity index is 1.66. The molecule has 0 spiro atoms. The van der Waals surface area contributed by atoms with Crippen molar-refractivity contribution in [2.24, 2.45) is 5.41 Å². The summed E-state index contributed by atoms with van der Waals surface area (Å²) in [6, 6.07) is 5.96. The van der Waals surface area contributed by atoms with Crippen LogP contribution in [0.5, 0.6) is 11.5 Å². The fourth-order valence-electron chi connectivity index (χ4n) is 5.53. The molecule has 2 aromatic rings. The third kappa shape index (κ3) is 3.79. The number of amides is 1. The van der Waals surface area contributed by atoms with Crippen molar-refractivity contribution in [2.45, 2.75) is 57.5 Å². The van der Waals surface area contributed by atoms with Crippen molar-refractivity contribution >= 4 is 17.5 Å². The molecule has 1 heterocycles. The van der Waals surface area contributed by atoms with E-state index in [0.717, 1.165) is 0 Å². The van der Waals surface area contributed by atoms with Crippen LogP contribution < -0.4 is 5.32 Å². The van der Waals surface area contributed by atoms with Gasteiger partial charge in [0.25, 0.3) is 0 Å². The van der Waals surface area contributed by atoms with Crippen molar-refractivity contribution in [1.82, 2.24) is 5.32 Å². The minimum absolute atomic E-state index is 0.0280. The SMILES string of the molecule is CC1(C)COC(C)(C2(NC(=O)C(F)(F)F)CCc3c(O)c4c(c(O)c3C2)C(=O)c2ccccc2C4=O)OC1. The van der Waals surface area contributed by atoms with E-state index >= 15 is 0 Å². The van der Waals surface area contributed by atoms with Crippen LogP contribution in [0.2, 0.25) is 0 Å². The Hall–Kier alpha value is -3.44. The first-order chi connectivity index (χ1) is 17.6. The van der Waals surface area contributed by atoms with Gasteiger partial charge in [0.15, 0.2) is 17.4 Å². The van der Waals surface area contributed by atoms with Crippen LogP contribution in [0.1, 0.15) is 70.2 Å². The normalized spacial score (nSPS) is 23.7. The summed E-state index contributed by atoms with van der Waals surface area (Å²) in [7, 11) is 0. The molecule has 38 heavy (non-hydrogen) atoms. The lowest BCUT2D eigenvalue weighted by Crippen LogP contribution is -2.71. The molecule has 2 aromatic carbocycles. The molecule has 0 radical (unpaired) electrons. The number of nitrogens with one attached hydrogen (secondary N) is 1. The number of hydrogen-bond acceptors (Lipinski definition) is 7.